The summed E-state index contributed by atoms with van der Waals surface area (Å²) >= 11 is 0. The van der Waals surface area contributed by atoms with Gasteiger partial charge >= 0.3 is 0 Å². The van der Waals surface area contributed by atoms with E-state index in [2.05, 4.69) is 15.1 Å². The molecular formula is C17H20N4O3. The van der Waals surface area contributed by atoms with Gasteiger partial charge in [-0.3, -0.25) is 4.79 Å². The summed E-state index contributed by atoms with van der Waals surface area (Å²) in [6.45, 7) is 3.10. The van der Waals surface area contributed by atoms with Crippen LogP contribution < -0.4 is 4.74 Å². The number of pyridine rings is 1. The lowest BCUT2D eigenvalue weighted by molar-refractivity contribution is 0.0727. The van der Waals surface area contributed by atoms with Crippen LogP contribution in [0.1, 0.15) is 66.6 Å². The number of hydrogen-bond donors (Lipinski definition) is 0. The first-order chi connectivity index (χ1) is 11.8. The summed E-state index contributed by atoms with van der Waals surface area (Å²) in [4.78, 5) is 23.4. The van der Waals surface area contributed by atoms with Crippen molar-refractivity contribution in [2.45, 2.75) is 44.6 Å². The molecule has 1 saturated heterocycles. The molecule has 4 rings (SSSR count). The number of carbonyl (C=O) groups excluding carboxylic acids is 1. The number of amides is 1. The number of ether oxygens (including phenoxy) is 1. The summed E-state index contributed by atoms with van der Waals surface area (Å²) in [5.41, 5.74) is 0.575. The largest absolute Gasteiger partial charge is 0.478 e. The zero-order valence-electron chi connectivity index (χ0n) is 13.6. The van der Waals surface area contributed by atoms with E-state index in [0.717, 1.165) is 25.7 Å². The molecular weight excluding hydrogens is 308 g/mol. The molecule has 1 atom stereocenters. The molecule has 2 aromatic heterocycles. The Hall–Kier alpha value is -2.44. The first kappa shape index (κ1) is 15.1. The van der Waals surface area contributed by atoms with E-state index in [1.54, 1.807) is 18.3 Å². The standard InChI is InChI=1S/C17H20N4O3/c1-2-23-14-10-12(7-8-18-14)17(22)21-9-3-4-13(21)15-19-16(24-20-15)11-5-6-11/h7-8,10-11,13H,2-6,9H2,1H3. The van der Waals surface area contributed by atoms with Crippen LogP contribution in [0.3, 0.4) is 0 Å². The maximum Gasteiger partial charge on any atom is 0.254 e. The fraction of sp³-hybridized carbons (Fsp3) is 0.529. The van der Waals surface area contributed by atoms with Crippen LogP contribution >= 0.6 is 0 Å². The monoisotopic (exact) mass is 328 g/mol. The van der Waals surface area contributed by atoms with Crippen LogP contribution in [0.2, 0.25) is 0 Å². The van der Waals surface area contributed by atoms with Gasteiger partial charge in [-0.2, -0.15) is 4.98 Å². The second-order valence-corrected chi connectivity index (χ2v) is 6.24. The Bertz CT molecular complexity index is 741. The quantitative estimate of drug-likeness (QED) is 0.839. The predicted molar refractivity (Wildman–Crippen MR) is 84.7 cm³/mol. The van der Waals surface area contributed by atoms with Gasteiger partial charge in [-0.1, -0.05) is 5.16 Å². The summed E-state index contributed by atoms with van der Waals surface area (Å²) < 4.78 is 10.7. The molecule has 2 fully saturated rings. The third-order valence-corrected chi connectivity index (χ3v) is 4.47. The van der Waals surface area contributed by atoms with Crippen LogP contribution in [-0.2, 0) is 0 Å². The Balaban J connectivity index is 1.55. The summed E-state index contributed by atoms with van der Waals surface area (Å²) in [6.07, 6.45) is 5.63. The molecule has 0 bridgehead atoms. The molecule has 1 unspecified atom stereocenters. The third-order valence-electron chi connectivity index (χ3n) is 4.47. The molecule has 1 aliphatic carbocycles. The highest BCUT2D eigenvalue weighted by molar-refractivity contribution is 5.94. The normalized spacial score (nSPS) is 20.4. The van der Waals surface area contributed by atoms with Gasteiger partial charge in [0.15, 0.2) is 5.82 Å². The number of nitrogens with zero attached hydrogens (tertiary/aromatic N) is 4. The minimum absolute atomic E-state index is 0.0429. The maximum atomic E-state index is 12.9. The van der Waals surface area contributed by atoms with E-state index in [1.807, 2.05) is 11.8 Å². The summed E-state index contributed by atoms with van der Waals surface area (Å²) in [6, 6.07) is 3.29. The molecule has 0 aromatic carbocycles. The molecule has 0 spiro atoms. The van der Waals surface area contributed by atoms with E-state index in [9.17, 15) is 4.79 Å². The van der Waals surface area contributed by atoms with E-state index in [-0.39, 0.29) is 11.9 Å². The molecule has 0 radical (unpaired) electrons. The molecule has 3 heterocycles. The number of hydrogen-bond acceptors (Lipinski definition) is 6. The van der Waals surface area contributed by atoms with Gasteiger partial charge in [-0.25, -0.2) is 4.98 Å². The average Bonchev–Trinajstić information content (AvgIpc) is 3.13. The van der Waals surface area contributed by atoms with Gasteiger partial charge in [0.1, 0.15) is 0 Å². The number of carbonyl (C=O) groups is 1. The van der Waals surface area contributed by atoms with Crippen LogP contribution in [0, 0.1) is 0 Å². The zero-order valence-corrected chi connectivity index (χ0v) is 13.6. The van der Waals surface area contributed by atoms with Gasteiger partial charge in [0.05, 0.1) is 12.6 Å². The lowest BCUT2D eigenvalue weighted by Gasteiger charge is -2.22. The van der Waals surface area contributed by atoms with Crippen molar-refractivity contribution in [3.63, 3.8) is 0 Å². The maximum absolute atomic E-state index is 12.9. The molecule has 7 nitrogen and oxygen atoms in total. The van der Waals surface area contributed by atoms with Crippen molar-refractivity contribution in [1.29, 1.82) is 0 Å². The van der Waals surface area contributed by atoms with Gasteiger partial charge in [0, 0.05) is 30.3 Å². The highest BCUT2D eigenvalue weighted by atomic mass is 16.5. The van der Waals surface area contributed by atoms with Crippen molar-refractivity contribution < 1.29 is 14.1 Å². The van der Waals surface area contributed by atoms with Crippen molar-refractivity contribution in [2.24, 2.45) is 0 Å². The minimum atomic E-state index is -0.113. The lowest BCUT2D eigenvalue weighted by Crippen LogP contribution is -2.31. The fourth-order valence-corrected chi connectivity index (χ4v) is 3.09. The van der Waals surface area contributed by atoms with E-state index in [1.165, 1.54) is 0 Å². The van der Waals surface area contributed by atoms with Gasteiger partial charge in [0.25, 0.3) is 5.91 Å². The second-order valence-electron chi connectivity index (χ2n) is 6.24. The summed E-state index contributed by atoms with van der Waals surface area (Å²) in [5.74, 6) is 2.19. The summed E-state index contributed by atoms with van der Waals surface area (Å²) in [5, 5.41) is 4.12. The van der Waals surface area contributed by atoms with Crippen LogP contribution in [-0.4, -0.2) is 39.1 Å². The first-order valence-electron chi connectivity index (χ1n) is 8.49. The zero-order chi connectivity index (χ0) is 16.5. The van der Waals surface area contributed by atoms with Crippen molar-refractivity contribution in [1.82, 2.24) is 20.0 Å². The van der Waals surface area contributed by atoms with Gasteiger partial charge in [0.2, 0.25) is 11.8 Å². The van der Waals surface area contributed by atoms with Crippen LogP contribution in [0.4, 0.5) is 0 Å². The molecule has 1 amide bonds. The SMILES string of the molecule is CCOc1cc(C(=O)N2CCCC2c2noc(C3CC3)n2)ccn1. The fourth-order valence-electron chi connectivity index (χ4n) is 3.09. The van der Waals surface area contributed by atoms with Crippen molar-refractivity contribution in [3.05, 3.63) is 35.6 Å². The third kappa shape index (κ3) is 2.86. The van der Waals surface area contributed by atoms with E-state index in [4.69, 9.17) is 9.26 Å². The van der Waals surface area contributed by atoms with Gasteiger partial charge < -0.3 is 14.2 Å². The molecule has 0 N–H and O–H groups in total. The molecule has 24 heavy (non-hydrogen) atoms. The smallest absolute Gasteiger partial charge is 0.254 e. The summed E-state index contributed by atoms with van der Waals surface area (Å²) in [7, 11) is 0. The highest BCUT2D eigenvalue weighted by Gasteiger charge is 2.36. The van der Waals surface area contributed by atoms with E-state index >= 15 is 0 Å². The number of likely N-dealkylation sites (tertiary alicyclic amines) is 1. The van der Waals surface area contributed by atoms with E-state index in [0.29, 0.717) is 42.2 Å². The molecule has 1 aliphatic heterocycles. The Labute approximate surface area is 140 Å². The average molecular weight is 328 g/mol. The topological polar surface area (TPSA) is 81.4 Å². The first-order valence-corrected chi connectivity index (χ1v) is 8.49. The Kier molecular flexibility index (Phi) is 3.92. The van der Waals surface area contributed by atoms with Crippen molar-refractivity contribution >= 4 is 5.91 Å². The van der Waals surface area contributed by atoms with E-state index < -0.39 is 0 Å². The Morgan fingerprint density at radius 3 is 3.08 bits per heavy atom. The van der Waals surface area contributed by atoms with Crippen LogP contribution in [0.25, 0.3) is 0 Å². The van der Waals surface area contributed by atoms with Crippen LogP contribution in [0.15, 0.2) is 22.9 Å². The molecule has 2 aromatic rings. The van der Waals surface area contributed by atoms with Crippen molar-refractivity contribution in [2.75, 3.05) is 13.2 Å². The minimum Gasteiger partial charge on any atom is -0.478 e. The molecule has 2 aliphatic rings. The second kappa shape index (κ2) is 6.22. The van der Waals surface area contributed by atoms with Gasteiger partial charge in [-0.15, -0.1) is 0 Å². The Morgan fingerprint density at radius 2 is 2.29 bits per heavy atom. The van der Waals surface area contributed by atoms with Crippen molar-refractivity contribution in [3.8, 4) is 5.88 Å². The number of rotatable bonds is 5. The predicted octanol–water partition coefficient (Wildman–Crippen LogP) is 2.72. The number of aromatic nitrogens is 3. The van der Waals surface area contributed by atoms with Crippen LogP contribution in [0.5, 0.6) is 5.88 Å². The molecule has 126 valence electrons. The Morgan fingerprint density at radius 1 is 1.42 bits per heavy atom. The lowest BCUT2D eigenvalue weighted by atomic mass is 10.2. The molecule has 7 heteroatoms. The molecule has 1 saturated carbocycles. The highest BCUT2D eigenvalue weighted by Crippen LogP contribution is 2.40. The van der Waals surface area contributed by atoms with Gasteiger partial charge in [-0.05, 0) is 38.7 Å².